The number of amides is 2. The second-order valence-corrected chi connectivity index (χ2v) is 6.29. The van der Waals surface area contributed by atoms with Gasteiger partial charge in [0, 0.05) is 5.02 Å². The van der Waals surface area contributed by atoms with E-state index in [9.17, 15) is 9.59 Å². The normalized spacial score (nSPS) is 17.2. The molecule has 1 heterocycles. The number of halogens is 1. The van der Waals surface area contributed by atoms with Crippen molar-refractivity contribution in [3.8, 4) is 5.75 Å². The zero-order valence-corrected chi connectivity index (χ0v) is 14.6. The first kappa shape index (κ1) is 17.5. The van der Waals surface area contributed by atoms with E-state index >= 15 is 0 Å². The lowest BCUT2D eigenvalue weighted by Gasteiger charge is -2.16. The molecule has 130 valence electrons. The topological polar surface area (TPSA) is 58.6 Å². The standard InChI is InChI=1S/C19H19ClN2O3/c1-25-16-8-6-15(7-9-16)22-18(23)12-17(19(22)24)21-11-10-13-2-4-14(20)5-3-13/h2-9,17,21H,10-12H2,1H3/t17-/m0/s1. The van der Waals surface area contributed by atoms with Crippen molar-refractivity contribution >= 4 is 29.1 Å². The third-order valence-electron chi connectivity index (χ3n) is 4.19. The molecule has 1 aliphatic rings. The van der Waals surface area contributed by atoms with E-state index in [-0.39, 0.29) is 18.2 Å². The first-order valence-corrected chi connectivity index (χ1v) is 8.45. The first-order valence-electron chi connectivity index (χ1n) is 8.07. The minimum Gasteiger partial charge on any atom is -0.497 e. The number of anilines is 1. The molecule has 2 aromatic carbocycles. The molecule has 5 nitrogen and oxygen atoms in total. The zero-order valence-electron chi connectivity index (χ0n) is 13.9. The molecular formula is C19H19ClN2O3. The number of hydrogen-bond acceptors (Lipinski definition) is 4. The molecule has 3 rings (SSSR count). The van der Waals surface area contributed by atoms with E-state index in [1.54, 1.807) is 31.4 Å². The molecule has 1 aliphatic heterocycles. The van der Waals surface area contributed by atoms with Crippen LogP contribution in [0.1, 0.15) is 12.0 Å². The zero-order chi connectivity index (χ0) is 17.8. The quantitative estimate of drug-likeness (QED) is 0.807. The third-order valence-corrected chi connectivity index (χ3v) is 4.45. The number of carbonyl (C=O) groups is 2. The largest absolute Gasteiger partial charge is 0.497 e. The van der Waals surface area contributed by atoms with Gasteiger partial charge < -0.3 is 10.1 Å². The van der Waals surface area contributed by atoms with Gasteiger partial charge in [-0.05, 0) is 54.9 Å². The molecule has 2 aromatic rings. The van der Waals surface area contributed by atoms with Crippen LogP contribution in [-0.2, 0) is 16.0 Å². The highest BCUT2D eigenvalue weighted by Gasteiger charge is 2.39. The molecule has 0 spiro atoms. The molecule has 0 bridgehead atoms. The van der Waals surface area contributed by atoms with Crippen LogP contribution < -0.4 is 15.0 Å². The molecule has 25 heavy (non-hydrogen) atoms. The fourth-order valence-corrected chi connectivity index (χ4v) is 2.96. The number of imide groups is 1. The van der Waals surface area contributed by atoms with Gasteiger partial charge in [-0.1, -0.05) is 23.7 Å². The predicted octanol–water partition coefficient (Wildman–Crippen LogP) is 2.81. The van der Waals surface area contributed by atoms with Crippen LogP contribution in [0.2, 0.25) is 5.02 Å². The summed E-state index contributed by atoms with van der Waals surface area (Å²) < 4.78 is 5.10. The van der Waals surface area contributed by atoms with E-state index < -0.39 is 6.04 Å². The van der Waals surface area contributed by atoms with Gasteiger partial charge in [-0.3, -0.25) is 9.59 Å². The maximum atomic E-state index is 12.6. The Morgan fingerprint density at radius 1 is 1.12 bits per heavy atom. The van der Waals surface area contributed by atoms with Crippen molar-refractivity contribution in [2.75, 3.05) is 18.6 Å². The highest BCUT2D eigenvalue weighted by Crippen LogP contribution is 2.25. The number of rotatable bonds is 6. The molecular weight excluding hydrogens is 340 g/mol. The summed E-state index contributed by atoms with van der Waals surface area (Å²) in [7, 11) is 1.57. The van der Waals surface area contributed by atoms with E-state index in [0.717, 1.165) is 12.0 Å². The molecule has 0 aromatic heterocycles. The summed E-state index contributed by atoms with van der Waals surface area (Å²) in [5.41, 5.74) is 1.69. The summed E-state index contributed by atoms with van der Waals surface area (Å²) >= 11 is 5.87. The molecule has 1 saturated heterocycles. The molecule has 1 fully saturated rings. The number of carbonyl (C=O) groups excluding carboxylic acids is 2. The first-order chi connectivity index (χ1) is 12.1. The van der Waals surface area contributed by atoms with Crippen LogP contribution in [0.3, 0.4) is 0 Å². The lowest BCUT2D eigenvalue weighted by atomic mass is 10.1. The highest BCUT2D eigenvalue weighted by atomic mass is 35.5. The van der Waals surface area contributed by atoms with Crippen molar-refractivity contribution in [1.29, 1.82) is 0 Å². The number of nitrogens with zero attached hydrogens (tertiary/aromatic N) is 1. The molecule has 0 radical (unpaired) electrons. The fourth-order valence-electron chi connectivity index (χ4n) is 2.84. The van der Waals surface area contributed by atoms with Crippen molar-refractivity contribution in [1.82, 2.24) is 5.32 Å². The third kappa shape index (κ3) is 4.00. The number of ether oxygens (including phenoxy) is 1. The summed E-state index contributed by atoms with van der Waals surface area (Å²) in [5.74, 6) is 0.269. The van der Waals surface area contributed by atoms with E-state index in [4.69, 9.17) is 16.3 Å². The fraction of sp³-hybridized carbons (Fsp3) is 0.263. The lowest BCUT2D eigenvalue weighted by Crippen LogP contribution is -2.39. The van der Waals surface area contributed by atoms with Crippen molar-refractivity contribution in [2.24, 2.45) is 0 Å². The van der Waals surface area contributed by atoms with E-state index in [1.165, 1.54) is 4.90 Å². The van der Waals surface area contributed by atoms with Crippen molar-refractivity contribution < 1.29 is 14.3 Å². The monoisotopic (exact) mass is 358 g/mol. The summed E-state index contributed by atoms with van der Waals surface area (Å²) in [4.78, 5) is 26.0. The van der Waals surface area contributed by atoms with E-state index in [1.807, 2.05) is 24.3 Å². The number of nitrogens with one attached hydrogen (secondary N) is 1. The predicted molar refractivity (Wildman–Crippen MR) is 97.1 cm³/mol. The molecule has 6 heteroatoms. The minimum atomic E-state index is -0.484. The lowest BCUT2D eigenvalue weighted by molar-refractivity contribution is -0.121. The van der Waals surface area contributed by atoms with E-state index in [2.05, 4.69) is 5.32 Å². The van der Waals surface area contributed by atoms with Crippen molar-refractivity contribution in [2.45, 2.75) is 18.9 Å². The van der Waals surface area contributed by atoms with Gasteiger partial charge in [-0.2, -0.15) is 0 Å². The van der Waals surface area contributed by atoms with Gasteiger partial charge in [0.1, 0.15) is 5.75 Å². The van der Waals surface area contributed by atoms with Crippen LogP contribution in [0.5, 0.6) is 5.75 Å². The Balaban J connectivity index is 1.59. The number of methoxy groups -OCH3 is 1. The van der Waals surface area contributed by atoms with Gasteiger partial charge in [-0.15, -0.1) is 0 Å². The van der Waals surface area contributed by atoms with Gasteiger partial charge in [0.2, 0.25) is 5.91 Å². The Morgan fingerprint density at radius 3 is 2.44 bits per heavy atom. The maximum absolute atomic E-state index is 12.6. The van der Waals surface area contributed by atoms with Crippen molar-refractivity contribution in [3.63, 3.8) is 0 Å². The number of hydrogen-bond donors (Lipinski definition) is 1. The molecule has 1 N–H and O–H groups in total. The summed E-state index contributed by atoms with van der Waals surface area (Å²) in [6.07, 6.45) is 0.934. The van der Waals surface area contributed by atoms with Gasteiger partial charge >= 0.3 is 0 Å². The summed E-state index contributed by atoms with van der Waals surface area (Å²) in [6, 6.07) is 14.0. The smallest absolute Gasteiger partial charge is 0.251 e. The van der Waals surface area contributed by atoms with Crippen LogP contribution in [0.25, 0.3) is 0 Å². The van der Waals surface area contributed by atoms with Crippen molar-refractivity contribution in [3.05, 3.63) is 59.1 Å². The molecule has 0 saturated carbocycles. The molecule has 0 unspecified atom stereocenters. The van der Waals surface area contributed by atoms with Gasteiger partial charge in [0.25, 0.3) is 5.91 Å². The van der Waals surface area contributed by atoms with Gasteiger partial charge in [0.05, 0.1) is 25.3 Å². The van der Waals surface area contributed by atoms with Crippen LogP contribution in [0.15, 0.2) is 48.5 Å². The second-order valence-electron chi connectivity index (χ2n) is 5.85. The Kier molecular flexibility index (Phi) is 5.36. The minimum absolute atomic E-state index is 0.172. The Bertz CT molecular complexity index is 759. The van der Waals surface area contributed by atoms with Crippen LogP contribution in [-0.4, -0.2) is 31.5 Å². The SMILES string of the molecule is COc1ccc(N2C(=O)C[C@H](NCCc3ccc(Cl)cc3)C2=O)cc1. The molecule has 2 amide bonds. The molecule has 0 aliphatic carbocycles. The van der Waals surface area contributed by atoms with Gasteiger partial charge in [0.15, 0.2) is 0 Å². The second kappa shape index (κ2) is 7.68. The summed E-state index contributed by atoms with van der Waals surface area (Å²) in [5, 5.41) is 3.88. The van der Waals surface area contributed by atoms with Crippen LogP contribution in [0, 0.1) is 0 Å². The van der Waals surface area contributed by atoms with Crippen LogP contribution >= 0.6 is 11.6 Å². The average Bonchev–Trinajstić information content (AvgIpc) is 2.90. The maximum Gasteiger partial charge on any atom is 0.251 e. The van der Waals surface area contributed by atoms with Gasteiger partial charge in [-0.25, -0.2) is 4.90 Å². The Morgan fingerprint density at radius 2 is 1.80 bits per heavy atom. The summed E-state index contributed by atoms with van der Waals surface area (Å²) in [6.45, 7) is 0.613. The Hall–Kier alpha value is -2.37. The molecule has 1 atom stereocenters. The van der Waals surface area contributed by atoms with Crippen LogP contribution in [0.4, 0.5) is 5.69 Å². The average molecular weight is 359 g/mol. The number of benzene rings is 2. The van der Waals surface area contributed by atoms with E-state index in [0.29, 0.717) is 23.0 Å². The highest BCUT2D eigenvalue weighted by molar-refractivity contribution is 6.30. The Labute approximate surface area is 151 Å².